The minimum atomic E-state index is -0.143. The Kier molecular flexibility index (Phi) is 5.01. The number of phenols is 1. The molecule has 0 saturated heterocycles. The zero-order valence-electron chi connectivity index (χ0n) is 14.1. The number of aromatic hydroxyl groups is 1. The highest BCUT2D eigenvalue weighted by Gasteiger charge is 2.18. The molecule has 0 aliphatic rings. The molecule has 0 amide bonds. The zero-order chi connectivity index (χ0) is 18.5. The second-order valence-corrected chi connectivity index (χ2v) is 5.18. The van der Waals surface area contributed by atoms with Crippen molar-refractivity contribution in [2.75, 3.05) is 21.0 Å². The molecule has 0 fully saturated rings. The van der Waals surface area contributed by atoms with Gasteiger partial charge in [0, 0.05) is 18.7 Å². The van der Waals surface area contributed by atoms with Crippen LogP contribution in [0.4, 0.5) is 0 Å². The van der Waals surface area contributed by atoms with Crippen molar-refractivity contribution in [3.63, 3.8) is 0 Å². The van der Waals surface area contributed by atoms with Gasteiger partial charge in [0.15, 0.2) is 18.3 Å². The second-order valence-electron chi connectivity index (χ2n) is 5.18. The van der Waals surface area contributed by atoms with Gasteiger partial charge in [-0.3, -0.25) is 0 Å². The summed E-state index contributed by atoms with van der Waals surface area (Å²) in [6, 6.07) is 11.9. The average molecular weight is 353 g/mol. The molecule has 3 rings (SSSR count). The van der Waals surface area contributed by atoms with E-state index in [0.717, 1.165) is 0 Å². The third kappa shape index (κ3) is 3.43. The van der Waals surface area contributed by atoms with E-state index < -0.39 is 0 Å². The van der Waals surface area contributed by atoms with Crippen molar-refractivity contribution in [1.29, 1.82) is 5.26 Å². The first-order valence-corrected chi connectivity index (χ1v) is 7.53. The number of benzene rings is 2. The van der Waals surface area contributed by atoms with Gasteiger partial charge < -0.3 is 23.8 Å². The largest absolute Gasteiger partial charge is 0.504 e. The Bertz CT molecular complexity index is 962. The molecule has 2 aromatic carbocycles. The van der Waals surface area contributed by atoms with Gasteiger partial charge in [0.2, 0.25) is 5.82 Å². The fraction of sp³-hybridized carbons (Fsp3) is 0.167. The van der Waals surface area contributed by atoms with Gasteiger partial charge in [-0.15, -0.1) is 0 Å². The van der Waals surface area contributed by atoms with Gasteiger partial charge in [-0.25, -0.2) is 0 Å². The van der Waals surface area contributed by atoms with Gasteiger partial charge in [0.25, 0.3) is 5.89 Å². The van der Waals surface area contributed by atoms with Crippen LogP contribution in [0.2, 0.25) is 0 Å². The van der Waals surface area contributed by atoms with Crippen molar-refractivity contribution in [2.45, 2.75) is 0 Å². The fourth-order valence-corrected chi connectivity index (χ4v) is 2.30. The van der Waals surface area contributed by atoms with Crippen LogP contribution in [-0.2, 0) is 4.74 Å². The molecule has 8 nitrogen and oxygen atoms in total. The minimum Gasteiger partial charge on any atom is -0.504 e. The molecule has 3 aromatic rings. The summed E-state index contributed by atoms with van der Waals surface area (Å²) < 4.78 is 20.6. The lowest BCUT2D eigenvalue weighted by Gasteiger charge is -2.06. The summed E-state index contributed by atoms with van der Waals surface area (Å²) in [7, 11) is 2.95. The second kappa shape index (κ2) is 7.55. The molecule has 0 spiro atoms. The third-order valence-electron chi connectivity index (χ3n) is 3.53. The SMILES string of the molecule is COCOc1cccc(-c2noc(-c3cc(OC)c(O)cc3C#N)n2)c1. The van der Waals surface area contributed by atoms with Gasteiger partial charge in [-0.05, 0) is 18.2 Å². The molecule has 0 bridgehead atoms. The summed E-state index contributed by atoms with van der Waals surface area (Å²) in [6.07, 6.45) is 0. The van der Waals surface area contributed by atoms with E-state index in [1.165, 1.54) is 26.4 Å². The number of ether oxygens (including phenoxy) is 3. The van der Waals surface area contributed by atoms with E-state index in [9.17, 15) is 10.4 Å². The predicted octanol–water partition coefficient (Wildman–Crippen LogP) is 2.97. The molecule has 132 valence electrons. The maximum Gasteiger partial charge on any atom is 0.259 e. The molecule has 0 unspecified atom stereocenters. The molecule has 0 aliphatic heterocycles. The molecule has 0 aliphatic carbocycles. The van der Waals surface area contributed by atoms with Crippen molar-refractivity contribution in [3.05, 3.63) is 42.0 Å². The molecular formula is C18H15N3O5. The Labute approximate surface area is 149 Å². The standard InChI is InChI=1S/C18H15N3O5/c1-23-10-25-13-5-3-4-11(6-13)17-20-18(26-21-17)14-8-16(24-2)15(22)7-12(14)9-19/h3-8,22H,10H2,1-2H3. The Morgan fingerprint density at radius 3 is 2.81 bits per heavy atom. The number of phenolic OH excluding ortho intramolecular Hbond substituents is 1. The Balaban J connectivity index is 1.97. The molecular weight excluding hydrogens is 338 g/mol. The van der Waals surface area contributed by atoms with Crippen LogP contribution in [0.15, 0.2) is 40.9 Å². The highest BCUT2D eigenvalue weighted by Crippen LogP contribution is 2.35. The van der Waals surface area contributed by atoms with Crippen molar-refractivity contribution in [2.24, 2.45) is 0 Å². The normalized spacial score (nSPS) is 10.3. The maximum atomic E-state index is 9.81. The highest BCUT2D eigenvalue weighted by molar-refractivity contribution is 5.70. The van der Waals surface area contributed by atoms with Crippen molar-refractivity contribution < 1.29 is 23.8 Å². The average Bonchev–Trinajstić information content (AvgIpc) is 3.16. The van der Waals surface area contributed by atoms with E-state index in [1.54, 1.807) is 24.3 Å². The summed E-state index contributed by atoms with van der Waals surface area (Å²) in [5.74, 6) is 1.13. The Morgan fingerprint density at radius 1 is 1.23 bits per heavy atom. The van der Waals surface area contributed by atoms with Gasteiger partial charge in [0.05, 0.1) is 18.2 Å². The van der Waals surface area contributed by atoms with Crippen LogP contribution in [0.1, 0.15) is 5.56 Å². The van der Waals surface area contributed by atoms with E-state index in [4.69, 9.17) is 18.7 Å². The summed E-state index contributed by atoms with van der Waals surface area (Å²) >= 11 is 0. The summed E-state index contributed by atoms with van der Waals surface area (Å²) in [5.41, 5.74) is 1.24. The van der Waals surface area contributed by atoms with Crippen LogP contribution in [0.25, 0.3) is 22.8 Å². The topological polar surface area (TPSA) is 111 Å². The van der Waals surface area contributed by atoms with Crippen LogP contribution in [0, 0.1) is 11.3 Å². The first-order valence-electron chi connectivity index (χ1n) is 7.53. The number of hydrogen-bond acceptors (Lipinski definition) is 8. The van der Waals surface area contributed by atoms with E-state index in [1.807, 2.05) is 6.07 Å². The minimum absolute atomic E-state index is 0.125. The van der Waals surface area contributed by atoms with Crippen molar-refractivity contribution >= 4 is 0 Å². The van der Waals surface area contributed by atoms with Gasteiger partial charge >= 0.3 is 0 Å². The fourth-order valence-electron chi connectivity index (χ4n) is 2.30. The first kappa shape index (κ1) is 17.3. The van der Waals surface area contributed by atoms with Gasteiger partial charge in [-0.2, -0.15) is 10.2 Å². The van der Waals surface area contributed by atoms with Gasteiger partial charge in [0.1, 0.15) is 11.8 Å². The lowest BCUT2D eigenvalue weighted by molar-refractivity contribution is 0.0511. The van der Waals surface area contributed by atoms with Crippen LogP contribution in [0.5, 0.6) is 17.2 Å². The quantitative estimate of drug-likeness (QED) is 0.673. The summed E-state index contributed by atoms with van der Waals surface area (Å²) in [6.45, 7) is 0.125. The molecule has 26 heavy (non-hydrogen) atoms. The molecule has 0 atom stereocenters. The molecule has 1 heterocycles. The number of aromatic nitrogens is 2. The van der Waals surface area contributed by atoms with Crippen molar-refractivity contribution in [1.82, 2.24) is 10.1 Å². The van der Waals surface area contributed by atoms with Crippen LogP contribution >= 0.6 is 0 Å². The zero-order valence-corrected chi connectivity index (χ0v) is 14.1. The molecule has 8 heteroatoms. The van der Waals surface area contributed by atoms with Crippen LogP contribution in [0.3, 0.4) is 0 Å². The number of hydrogen-bond donors (Lipinski definition) is 1. The molecule has 0 radical (unpaired) electrons. The number of nitrogens with zero attached hydrogens (tertiary/aromatic N) is 3. The maximum absolute atomic E-state index is 9.81. The lowest BCUT2D eigenvalue weighted by atomic mass is 10.1. The first-order chi connectivity index (χ1) is 12.7. The van der Waals surface area contributed by atoms with Crippen molar-refractivity contribution in [3.8, 4) is 46.2 Å². The summed E-state index contributed by atoms with van der Waals surface area (Å²) in [5, 5.41) is 23.1. The van der Waals surface area contributed by atoms with E-state index in [-0.39, 0.29) is 29.7 Å². The predicted molar refractivity (Wildman–Crippen MR) is 90.6 cm³/mol. The number of methoxy groups -OCH3 is 2. The number of nitriles is 1. The smallest absolute Gasteiger partial charge is 0.259 e. The highest BCUT2D eigenvalue weighted by atomic mass is 16.7. The Morgan fingerprint density at radius 2 is 2.08 bits per heavy atom. The third-order valence-corrected chi connectivity index (χ3v) is 3.53. The monoisotopic (exact) mass is 353 g/mol. The van der Waals surface area contributed by atoms with Crippen LogP contribution < -0.4 is 9.47 Å². The van der Waals surface area contributed by atoms with E-state index >= 15 is 0 Å². The Hall–Kier alpha value is -3.57. The van der Waals surface area contributed by atoms with Crippen LogP contribution in [-0.4, -0.2) is 36.3 Å². The van der Waals surface area contributed by atoms with E-state index in [0.29, 0.717) is 22.7 Å². The lowest BCUT2D eigenvalue weighted by Crippen LogP contribution is -1.98. The van der Waals surface area contributed by atoms with Gasteiger partial charge in [-0.1, -0.05) is 17.3 Å². The molecule has 1 aromatic heterocycles. The molecule has 0 saturated carbocycles. The summed E-state index contributed by atoms with van der Waals surface area (Å²) in [4.78, 5) is 4.33. The molecule has 1 N–H and O–H groups in total. The number of rotatable bonds is 6. The van der Waals surface area contributed by atoms with E-state index in [2.05, 4.69) is 10.1 Å².